The van der Waals surface area contributed by atoms with E-state index >= 15 is 0 Å². The van der Waals surface area contributed by atoms with Crippen molar-refractivity contribution in [3.63, 3.8) is 0 Å². The predicted octanol–water partition coefficient (Wildman–Crippen LogP) is 2.19. The van der Waals surface area contributed by atoms with Gasteiger partial charge in [-0.05, 0) is 30.3 Å². The zero-order valence-electron chi connectivity index (χ0n) is 10.4. The average Bonchev–Trinajstić information content (AvgIpc) is 2.44. The highest BCUT2D eigenvalue weighted by molar-refractivity contribution is 6.30. The van der Waals surface area contributed by atoms with E-state index in [0.717, 1.165) is 11.4 Å². The van der Waals surface area contributed by atoms with E-state index in [-0.39, 0.29) is 6.04 Å². The molecule has 5 heteroatoms. The van der Waals surface area contributed by atoms with Gasteiger partial charge in [0.15, 0.2) is 0 Å². The van der Waals surface area contributed by atoms with Gasteiger partial charge in [-0.3, -0.25) is 16.3 Å². The molecule has 1 aromatic carbocycles. The van der Waals surface area contributed by atoms with Crippen LogP contribution >= 0.6 is 11.6 Å². The zero-order chi connectivity index (χ0) is 13.5. The lowest BCUT2D eigenvalue weighted by Gasteiger charge is -2.16. The Kier molecular flexibility index (Phi) is 5.15. The second-order valence-corrected chi connectivity index (χ2v) is 4.59. The lowest BCUT2D eigenvalue weighted by Crippen LogP contribution is -2.41. The summed E-state index contributed by atoms with van der Waals surface area (Å²) < 4.78 is 5.66. The maximum absolute atomic E-state index is 5.89. The van der Waals surface area contributed by atoms with E-state index in [1.807, 2.05) is 30.3 Å². The minimum atomic E-state index is -0.00567. The molecule has 1 heterocycles. The van der Waals surface area contributed by atoms with Crippen LogP contribution in [0.5, 0.6) is 5.75 Å². The highest BCUT2D eigenvalue weighted by Crippen LogP contribution is 2.17. The number of pyridine rings is 1. The topological polar surface area (TPSA) is 60.2 Å². The van der Waals surface area contributed by atoms with Gasteiger partial charge >= 0.3 is 0 Å². The van der Waals surface area contributed by atoms with E-state index in [4.69, 9.17) is 22.2 Å². The molecule has 0 radical (unpaired) electrons. The molecule has 19 heavy (non-hydrogen) atoms. The summed E-state index contributed by atoms with van der Waals surface area (Å²) in [6, 6.07) is 13.1. The minimum Gasteiger partial charge on any atom is -0.492 e. The highest BCUT2D eigenvalue weighted by atomic mass is 35.5. The fraction of sp³-hybridized carbons (Fsp3) is 0.214. The predicted molar refractivity (Wildman–Crippen MR) is 76.0 cm³/mol. The fourth-order valence-corrected chi connectivity index (χ4v) is 1.87. The molecular formula is C14H16ClN3O. The van der Waals surface area contributed by atoms with Crippen molar-refractivity contribution in [3.8, 4) is 5.75 Å². The average molecular weight is 278 g/mol. The van der Waals surface area contributed by atoms with Crippen molar-refractivity contribution in [3.05, 3.63) is 59.4 Å². The number of aromatic nitrogens is 1. The van der Waals surface area contributed by atoms with Crippen LogP contribution < -0.4 is 16.0 Å². The van der Waals surface area contributed by atoms with Gasteiger partial charge in [-0.25, -0.2) is 0 Å². The smallest absolute Gasteiger partial charge is 0.120 e. The molecule has 2 rings (SSSR count). The van der Waals surface area contributed by atoms with E-state index in [1.165, 1.54) is 0 Å². The number of ether oxygens (including phenoxy) is 1. The lowest BCUT2D eigenvalue weighted by atomic mass is 10.1. The van der Waals surface area contributed by atoms with E-state index < -0.39 is 0 Å². The zero-order valence-corrected chi connectivity index (χ0v) is 11.2. The van der Waals surface area contributed by atoms with E-state index in [1.54, 1.807) is 18.3 Å². The Labute approximate surface area is 117 Å². The van der Waals surface area contributed by atoms with Crippen LogP contribution in [0.25, 0.3) is 0 Å². The van der Waals surface area contributed by atoms with Crippen molar-refractivity contribution in [1.82, 2.24) is 10.4 Å². The first-order chi connectivity index (χ1) is 9.28. The third-order valence-corrected chi connectivity index (χ3v) is 2.90. The Bertz CT molecular complexity index is 507. The van der Waals surface area contributed by atoms with Crippen molar-refractivity contribution in [1.29, 1.82) is 0 Å². The molecule has 0 bridgehead atoms. The molecular weight excluding hydrogens is 262 g/mol. The number of rotatable bonds is 6. The third kappa shape index (κ3) is 4.52. The molecule has 1 aromatic heterocycles. The second-order valence-electron chi connectivity index (χ2n) is 4.16. The van der Waals surface area contributed by atoms with Crippen molar-refractivity contribution in [2.45, 2.75) is 12.5 Å². The van der Waals surface area contributed by atoms with Crippen LogP contribution in [0.2, 0.25) is 5.02 Å². The van der Waals surface area contributed by atoms with Crippen LogP contribution in [0.1, 0.15) is 5.69 Å². The van der Waals surface area contributed by atoms with Crippen LogP contribution in [0.3, 0.4) is 0 Å². The van der Waals surface area contributed by atoms with E-state index in [2.05, 4.69) is 10.4 Å². The summed E-state index contributed by atoms with van der Waals surface area (Å²) in [7, 11) is 0. The number of nitrogens with zero attached hydrogens (tertiary/aromatic N) is 1. The van der Waals surface area contributed by atoms with Crippen molar-refractivity contribution < 1.29 is 4.74 Å². The molecule has 1 unspecified atom stereocenters. The number of nitrogens with one attached hydrogen (secondary N) is 1. The number of nitrogens with two attached hydrogens (primary N) is 1. The summed E-state index contributed by atoms with van der Waals surface area (Å²) in [4.78, 5) is 4.26. The summed E-state index contributed by atoms with van der Waals surface area (Å²) >= 11 is 5.89. The molecule has 0 saturated heterocycles. The number of halogens is 1. The lowest BCUT2D eigenvalue weighted by molar-refractivity contribution is 0.263. The molecule has 0 spiro atoms. The summed E-state index contributed by atoms with van der Waals surface area (Å²) in [6.07, 6.45) is 2.47. The Morgan fingerprint density at radius 2 is 2.16 bits per heavy atom. The van der Waals surface area contributed by atoms with E-state index in [9.17, 15) is 0 Å². The number of hydrogen-bond donors (Lipinski definition) is 2. The monoisotopic (exact) mass is 277 g/mol. The molecule has 0 aliphatic rings. The molecule has 4 nitrogen and oxygen atoms in total. The van der Waals surface area contributed by atoms with Crippen LogP contribution in [0.4, 0.5) is 0 Å². The summed E-state index contributed by atoms with van der Waals surface area (Å²) in [5, 5.41) is 0.652. The van der Waals surface area contributed by atoms with Gasteiger partial charge in [0, 0.05) is 23.3 Å². The Hall–Kier alpha value is -1.62. The number of hydrazine groups is 1. The molecule has 3 N–H and O–H groups in total. The first-order valence-electron chi connectivity index (χ1n) is 6.02. The molecule has 0 saturated carbocycles. The molecule has 100 valence electrons. The van der Waals surface area contributed by atoms with Gasteiger partial charge in [0.05, 0.1) is 6.04 Å². The molecule has 0 aliphatic heterocycles. The molecule has 0 amide bonds. The molecule has 1 atom stereocenters. The maximum Gasteiger partial charge on any atom is 0.120 e. The fourth-order valence-electron chi connectivity index (χ4n) is 1.69. The van der Waals surface area contributed by atoms with Gasteiger partial charge in [-0.2, -0.15) is 0 Å². The van der Waals surface area contributed by atoms with Gasteiger partial charge < -0.3 is 4.74 Å². The summed E-state index contributed by atoms with van der Waals surface area (Å²) in [6.45, 7) is 0.452. The SMILES string of the molecule is NNC(COc1cccc(Cl)c1)Cc1ccccn1. The van der Waals surface area contributed by atoms with Crippen LogP contribution in [0, 0.1) is 0 Å². The Morgan fingerprint density at radius 3 is 2.84 bits per heavy atom. The van der Waals surface area contributed by atoms with Crippen molar-refractivity contribution in [2.24, 2.45) is 5.84 Å². The van der Waals surface area contributed by atoms with Gasteiger partial charge in [-0.1, -0.05) is 23.7 Å². The van der Waals surface area contributed by atoms with Crippen LogP contribution in [0.15, 0.2) is 48.7 Å². The molecule has 2 aromatic rings. The maximum atomic E-state index is 5.89. The third-order valence-electron chi connectivity index (χ3n) is 2.66. The summed E-state index contributed by atoms with van der Waals surface area (Å²) in [5.41, 5.74) is 3.71. The number of benzene rings is 1. The Balaban J connectivity index is 1.89. The van der Waals surface area contributed by atoms with Crippen molar-refractivity contribution in [2.75, 3.05) is 6.61 Å². The van der Waals surface area contributed by atoms with Gasteiger partial charge in [0.2, 0.25) is 0 Å². The minimum absolute atomic E-state index is 0.00567. The van der Waals surface area contributed by atoms with Gasteiger partial charge in [0.25, 0.3) is 0 Å². The quantitative estimate of drug-likeness (QED) is 0.628. The first-order valence-corrected chi connectivity index (χ1v) is 6.40. The summed E-state index contributed by atoms with van der Waals surface area (Å²) in [5.74, 6) is 6.26. The Morgan fingerprint density at radius 1 is 1.26 bits per heavy atom. The normalized spacial score (nSPS) is 12.1. The second kappa shape index (κ2) is 7.09. The standard InChI is InChI=1S/C14H16ClN3O/c15-11-4-3-6-14(8-11)19-10-13(18-16)9-12-5-1-2-7-17-12/h1-8,13,18H,9-10,16H2. The largest absolute Gasteiger partial charge is 0.492 e. The number of hydrogen-bond acceptors (Lipinski definition) is 4. The van der Waals surface area contributed by atoms with Crippen molar-refractivity contribution >= 4 is 11.6 Å². The van der Waals surface area contributed by atoms with Gasteiger partial charge in [-0.15, -0.1) is 0 Å². The van der Waals surface area contributed by atoms with Crippen LogP contribution in [-0.4, -0.2) is 17.6 Å². The highest BCUT2D eigenvalue weighted by Gasteiger charge is 2.09. The van der Waals surface area contributed by atoms with E-state index in [0.29, 0.717) is 18.1 Å². The van der Waals surface area contributed by atoms with Gasteiger partial charge in [0.1, 0.15) is 12.4 Å². The molecule has 0 aliphatic carbocycles. The van der Waals surface area contributed by atoms with Crippen LogP contribution in [-0.2, 0) is 6.42 Å². The first kappa shape index (κ1) is 13.8. The molecule has 0 fully saturated rings.